The number of hydrogen-bond donors (Lipinski definition) is 1. The maximum Gasteiger partial charge on any atom is 0.253 e. The molecule has 25 heavy (non-hydrogen) atoms. The van der Waals surface area contributed by atoms with Gasteiger partial charge >= 0.3 is 0 Å². The zero-order valence-corrected chi connectivity index (χ0v) is 15.6. The summed E-state index contributed by atoms with van der Waals surface area (Å²) < 4.78 is 0. The Morgan fingerprint density at radius 2 is 2.00 bits per heavy atom. The van der Waals surface area contributed by atoms with E-state index in [1.54, 1.807) is 16.2 Å². The molecule has 0 spiro atoms. The number of carbonyl (C=O) groups excluding carboxylic acids is 2. The molecule has 2 aromatic rings. The zero-order chi connectivity index (χ0) is 18.0. The molecule has 0 saturated carbocycles. The Morgan fingerprint density at radius 3 is 2.60 bits per heavy atom. The smallest absolute Gasteiger partial charge is 0.253 e. The highest BCUT2D eigenvalue weighted by Crippen LogP contribution is 2.30. The van der Waals surface area contributed by atoms with Crippen molar-refractivity contribution in [1.82, 2.24) is 15.2 Å². The summed E-state index contributed by atoms with van der Waals surface area (Å²) in [6, 6.07) is 7.77. The molecule has 1 aromatic carbocycles. The number of aromatic nitrogens is 1. The molecule has 1 aliphatic heterocycles. The van der Waals surface area contributed by atoms with Gasteiger partial charge in [0, 0.05) is 43.7 Å². The third-order valence-corrected chi connectivity index (χ3v) is 5.66. The topological polar surface area (TPSA) is 62.3 Å². The van der Waals surface area contributed by atoms with Crippen LogP contribution in [0, 0.1) is 0 Å². The molecule has 1 saturated heterocycles. The number of nitrogens with one attached hydrogen (secondary N) is 1. The van der Waals surface area contributed by atoms with E-state index in [2.05, 4.69) is 24.1 Å². The van der Waals surface area contributed by atoms with Gasteiger partial charge in [-0.2, -0.15) is 0 Å². The molecule has 1 aromatic heterocycles. The first kappa shape index (κ1) is 17.6. The van der Waals surface area contributed by atoms with E-state index in [9.17, 15) is 9.59 Å². The van der Waals surface area contributed by atoms with Crippen molar-refractivity contribution in [2.75, 3.05) is 13.1 Å². The molecule has 0 unspecified atom stereocenters. The molecule has 6 heteroatoms. The number of carbonyl (C=O) groups is 2. The lowest BCUT2D eigenvalue weighted by Crippen LogP contribution is -2.37. The Hall–Kier alpha value is -2.21. The zero-order valence-electron chi connectivity index (χ0n) is 14.8. The normalized spacial score (nSPS) is 17.1. The fourth-order valence-corrected chi connectivity index (χ4v) is 3.92. The van der Waals surface area contributed by atoms with Crippen molar-refractivity contribution in [2.24, 2.45) is 0 Å². The molecule has 0 radical (unpaired) electrons. The van der Waals surface area contributed by atoms with Crippen LogP contribution in [-0.2, 0) is 4.79 Å². The maximum atomic E-state index is 12.6. The van der Waals surface area contributed by atoms with Crippen molar-refractivity contribution >= 4 is 23.2 Å². The molecule has 1 atom stereocenters. The lowest BCUT2D eigenvalue weighted by molar-refractivity contribution is -0.119. The Morgan fingerprint density at radius 1 is 1.28 bits per heavy atom. The number of thiazole rings is 1. The van der Waals surface area contributed by atoms with Gasteiger partial charge in [0.05, 0.1) is 9.88 Å². The quantitative estimate of drug-likeness (QED) is 0.913. The number of nitrogens with zero attached hydrogens (tertiary/aromatic N) is 2. The molecule has 3 rings (SSSR count). The summed E-state index contributed by atoms with van der Waals surface area (Å²) in [6.07, 6.45) is 2.71. The summed E-state index contributed by atoms with van der Waals surface area (Å²) in [5.41, 5.74) is 1.76. The molecule has 0 aliphatic carbocycles. The summed E-state index contributed by atoms with van der Waals surface area (Å²) in [7, 11) is 0. The van der Waals surface area contributed by atoms with E-state index in [1.807, 2.05) is 30.5 Å². The third kappa shape index (κ3) is 4.07. The molecule has 2 heterocycles. The third-order valence-electron chi connectivity index (χ3n) is 4.32. The average molecular weight is 357 g/mol. The highest BCUT2D eigenvalue weighted by Gasteiger charge is 2.27. The lowest BCUT2D eigenvalue weighted by Gasteiger charge is -2.17. The molecular weight excluding hydrogens is 334 g/mol. The lowest BCUT2D eigenvalue weighted by atomic mass is 10.1. The minimum atomic E-state index is -0.0472. The first-order valence-corrected chi connectivity index (χ1v) is 9.38. The first-order valence-electron chi connectivity index (χ1n) is 8.56. The van der Waals surface area contributed by atoms with Crippen LogP contribution < -0.4 is 5.32 Å². The van der Waals surface area contributed by atoms with Crippen LogP contribution >= 0.6 is 11.3 Å². The summed E-state index contributed by atoms with van der Waals surface area (Å²) in [4.78, 5) is 31.1. The van der Waals surface area contributed by atoms with Crippen molar-refractivity contribution in [2.45, 2.75) is 39.2 Å². The monoisotopic (exact) mass is 357 g/mol. The molecule has 0 bridgehead atoms. The predicted octanol–water partition coefficient (Wildman–Crippen LogP) is 3.28. The molecule has 1 fully saturated rings. The minimum absolute atomic E-state index is 0.0200. The number of benzene rings is 1. The van der Waals surface area contributed by atoms with Crippen LogP contribution in [0.4, 0.5) is 0 Å². The van der Waals surface area contributed by atoms with Crippen LogP contribution in [0.3, 0.4) is 0 Å². The first-order chi connectivity index (χ1) is 11.9. The highest BCUT2D eigenvalue weighted by molar-refractivity contribution is 7.15. The molecule has 132 valence electrons. The van der Waals surface area contributed by atoms with Gasteiger partial charge in [-0.1, -0.05) is 26.0 Å². The number of hydrogen-bond acceptors (Lipinski definition) is 4. The summed E-state index contributed by atoms with van der Waals surface area (Å²) >= 11 is 1.69. The average Bonchev–Trinajstić information content (AvgIpc) is 3.23. The number of rotatable bonds is 4. The molecule has 2 amide bonds. The van der Waals surface area contributed by atoms with Crippen LogP contribution in [0.5, 0.6) is 0 Å². The van der Waals surface area contributed by atoms with Gasteiger partial charge in [0.1, 0.15) is 0 Å². The van der Waals surface area contributed by atoms with Crippen LogP contribution in [0.25, 0.3) is 10.4 Å². The Balaban J connectivity index is 1.67. The van der Waals surface area contributed by atoms with Gasteiger partial charge in [-0.05, 0) is 24.1 Å². The fraction of sp³-hybridized carbons (Fsp3) is 0.421. The van der Waals surface area contributed by atoms with Crippen molar-refractivity contribution in [1.29, 1.82) is 0 Å². The number of likely N-dealkylation sites (tertiary alicyclic amines) is 1. The van der Waals surface area contributed by atoms with E-state index >= 15 is 0 Å². The van der Waals surface area contributed by atoms with Gasteiger partial charge < -0.3 is 10.2 Å². The second-order valence-electron chi connectivity index (χ2n) is 6.73. The summed E-state index contributed by atoms with van der Waals surface area (Å²) in [6.45, 7) is 7.03. The van der Waals surface area contributed by atoms with E-state index < -0.39 is 0 Å². The van der Waals surface area contributed by atoms with Crippen LogP contribution in [0.2, 0.25) is 0 Å². The van der Waals surface area contributed by atoms with Gasteiger partial charge in [-0.15, -0.1) is 11.3 Å². The number of amides is 2. The van der Waals surface area contributed by atoms with Crippen molar-refractivity contribution in [3.8, 4) is 10.4 Å². The van der Waals surface area contributed by atoms with Crippen LogP contribution in [-0.4, -0.2) is 40.8 Å². The highest BCUT2D eigenvalue weighted by atomic mass is 32.1. The molecule has 1 N–H and O–H groups in total. The standard InChI is InChI=1S/C19H23N3O2S/c1-12(2)18-20-10-17(25-18)14-4-6-15(7-5-14)19(24)22-9-8-16(11-22)21-13(3)23/h4-7,10,12,16H,8-9,11H2,1-3H3,(H,21,23)/t16-/m1/s1. The van der Waals surface area contributed by atoms with Crippen LogP contribution in [0.15, 0.2) is 30.5 Å². The van der Waals surface area contributed by atoms with Gasteiger partial charge in [0.2, 0.25) is 5.91 Å². The molecule has 5 nitrogen and oxygen atoms in total. The summed E-state index contributed by atoms with van der Waals surface area (Å²) in [5.74, 6) is 0.395. The molecular formula is C19H23N3O2S. The Bertz CT molecular complexity index is 767. The van der Waals surface area contributed by atoms with Gasteiger partial charge in [0.15, 0.2) is 0 Å². The van der Waals surface area contributed by atoms with E-state index in [-0.39, 0.29) is 17.9 Å². The predicted molar refractivity (Wildman–Crippen MR) is 99.8 cm³/mol. The van der Waals surface area contributed by atoms with Crippen LogP contribution in [0.1, 0.15) is 48.5 Å². The maximum absolute atomic E-state index is 12.6. The van der Waals surface area contributed by atoms with Crippen molar-refractivity contribution < 1.29 is 9.59 Å². The van der Waals surface area contributed by atoms with E-state index in [1.165, 1.54) is 6.92 Å². The van der Waals surface area contributed by atoms with E-state index in [4.69, 9.17) is 0 Å². The largest absolute Gasteiger partial charge is 0.352 e. The van der Waals surface area contributed by atoms with Crippen molar-refractivity contribution in [3.05, 3.63) is 41.0 Å². The SMILES string of the molecule is CC(=O)N[C@@H]1CCN(C(=O)c2ccc(-c3cnc(C(C)C)s3)cc2)C1. The van der Waals surface area contributed by atoms with Crippen molar-refractivity contribution in [3.63, 3.8) is 0 Å². The minimum Gasteiger partial charge on any atom is -0.352 e. The van der Waals surface area contributed by atoms with Gasteiger partial charge in [0.25, 0.3) is 5.91 Å². The summed E-state index contributed by atoms with van der Waals surface area (Å²) in [5, 5.41) is 4.00. The van der Waals surface area contributed by atoms with Gasteiger partial charge in [-0.3, -0.25) is 9.59 Å². The fourth-order valence-electron chi connectivity index (χ4n) is 3.00. The Labute approximate surface area is 152 Å². The Kier molecular flexibility index (Phi) is 5.18. The van der Waals surface area contributed by atoms with E-state index in [0.717, 1.165) is 21.9 Å². The second kappa shape index (κ2) is 7.35. The molecule has 1 aliphatic rings. The van der Waals surface area contributed by atoms with E-state index in [0.29, 0.717) is 24.6 Å². The van der Waals surface area contributed by atoms with Gasteiger partial charge in [-0.25, -0.2) is 4.98 Å². The second-order valence-corrected chi connectivity index (χ2v) is 7.79.